The quantitative estimate of drug-likeness (QED) is 0.857. The van der Waals surface area contributed by atoms with Crippen LogP contribution in [0, 0.1) is 0 Å². The number of nitrogens with zero attached hydrogens (tertiary/aromatic N) is 4. The zero-order chi connectivity index (χ0) is 18.6. The molecule has 2 aliphatic heterocycles. The van der Waals surface area contributed by atoms with E-state index in [2.05, 4.69) is 20.5 Å². The zero-order valence-corrected chi connectivity index (χ0v) is 15.2. The standard InChI is InChI=1S/C19H24N6O2/c26-16(13-25-10-4-9-20-19(25)27)24-11-7-15(8-12-24)18-21-17(22-23-18)14-5-2-1-3-6-14/h1-3,5-6,15H,4,7-13H2,(H,20,27)(H,21,22,23). The van der Waals surface area contributed by atoms with E-state index in [1.807, 2.05) is 35.2 Å². The summed E-state index contributed by atoms with van der Waals surface area (Å²) < 4.78 is 0. The third kappa shape index (κ3) is 3.94. The van der Waals surface area contributed by atoms with Gasteiger partial charge in [-0.3, -0.25) is 9.89 Å². The minimum atomic E-state index is -0.139. The van der Waals surface area contributed by atoms with Crippen molar-refractivity contribution in [3.8, 4) is 11.4 Å². The van der Waals surface area contributed by atoms with Gasteiger partial charge in [0.2, 0.25) is 5.91 Å². The third-order valence-electron chi connectivity index (χ3n) is 5.26. The minimum Gasteiger partial charge on any atom is -0.341 e. The van der Waals surface area contributed by atoms with Crippen LogP contribution in [0.5, 0.6) is 0 Å². The molecule has 27 heavy (non-hydrogen) atoms. The Hall–Kier alpha value is -2.90. The van der Waals surface area contributed by atoms with E-state index in [0.29, 0.717) is 32.0 Å². The van der Waals surface area contributed by atoms with Gasteiger partial charge in [-0.15, -0.1) is 0 Å². The highest BCUT2D eigenvalue weighted by atomic mass is 16.2. The molecule has 0 atom stereocenters. The van der Waals surface area contributed by atoms with Gasteiger partial charge in [0.15, 0.2) is 5.82 Å². The molecule has 8 nitrogen and oxygen atoms in total. The summed E-state index contributed by atoms with van der Waals surface area (Å²) in [6.07, 6.45) is 2.58. The molecule has 0 bridgehead atoms. The van der Waals surface area contributed by atoms with Crippen molar-refractivity contribution in [2.45, 2.75) is 25.2 Å². The van der Waals surface area contributed by atoms with Gasteiger partial charge in [-0.1, -0.05) is 30.3 Å². The predicted molar refractivity (Wildman–Crippen MR) is 100.0 cm³/mol. The lowest BCUT2D eigenvalue weighted by Crippen LogP contribution is -2.51. The molecule has 2 N–H and O–H groups in total. The van der Waals surface area contributed by atoms with E-state index >= 15 is 0 Å². The maximum atomic E-state index is 12.5. The lowest BCUT2D eigenvalue weighted by molar-refractivity contribution is -0.133. The number of hydrogen-bond donors (Lipinski definition) is 2. The first kappa shape index (κ1) is 17.5. The molecule has 2 aromatic rings. The van der Waals surface area contributed by atoms with Crippen molar-refractivity contribution >= 4 is 11.9 Å². The molecule has 142 valence electrons. The van der Waals surface area contributed by atoms with Gasteiger partial charge in [0, 0.05) is 37.7 Å². The summed E-state index contributed by atoms with van der Waals surface area (Å²) in [6, 6.07) is 9.75. The van der Waals surface area contributed by atoms with E-state index < -0.39 is 0 Å². The molecular weight excluding hydrogens is 344 g/mol. The molecule has 0 unspecified atom stereocenters. The van der Waals surface area contributed by atoms with Crippen molar-refractivity contribution < 1.29 is 9.59 Å². The summed E-state index contributed by atoms with van der Waals surface area (Å²) in [5.41, 5.74) is 0.993. The van der Waals surface area contributed by atoms with Crippen LogP contribution >= 0.6 is 0 Å². The van der Waals surface area contributed by atoms with Crippen LogP contribution in [0.25, 0.3) is 11.4 Å². The van der Waals surface area contributed by atoms with Crippen LogP contribution in [-0.2, 0) is 4.79 Å². The molecule has 1 aromatic heterocycles. The highest BCUT2D eigenvalue weighted by Gasteiger charge is 2.28. The van der Waals surface area contributed by atoms with Crippen molar-refractivity contribution in [3.05, 3.63) is 36.2 Å². The molecule has 2 fully saturated rings. The fourth-order valence-corrected chi connectivity index (χ4v) is 3.67. The second-order valence-corrected chi connectivity index (χ2v) is 7.07. The van der Waals surface area contributed by atoms with Crippen molar-refractivity contribution in [1.82, 2.24) is 30.3 Å². The van der Waals surface area contributed by atoms with Gasteiger partial charge in [0.1, 0.15) is 12.4 Å². The molecule has 0 saturated carbocycles. The maximum Gasteiger partial charge on any atom is 0.317 e. The Morgan fingerprint density at radius 3 is 2.67 bits per heavy atom. The number of H-pyrrole nitrogens is 1. The van der Waals surface area contributed by atoms with Crippen molar-refractivity contribution in [2.24, 2.45) is 0 Å². The maximum absolute atomic E-state index is 12.5. The SMILES string of the molecule is O=C(CN1CCCNC1=O)N1CCC(c2nc(-c3ccccc3)n[nH]2)CC1. The number of aromatic nitrogens is 3. The zero-order valence-electron chi connectivity index (χ0n) is 15.2. The fourth-order valence-electron chi connectivity index (χ4n) is 3.67. The molecule has 3 amide bonds. The largest absolute Gasteiger partial charge is 0.341 e. The fraction of sp³-hybridized carbons (Fsp3) is 0.474. The topological polar surface area (TPSA) is 94.2 Å². The van der Waals surface area contributed by atoms with Gasteiger partial charge in [-0.2, -0.15) is 5.10 Å². The molecule has 2 saturated heterocycles. The average Bonchev–Trinajstić information content (AvgIpc) is 3.21. The summed E-state index contributed by atoms with van der Waals surface area (Å²) in [6.45, 7) is 2.86. The molecule has 3 heterocycles. The molecule has 4 rings (SSSR count). The van der Waals surface area contributed by atoms with Crippen LogP contribution in [0.1, 0.15) is 31.0 Å². The van der Waals surface area contributed by atoms with E-state index in [9.17, 15) is 9.59 Å². The number of benzene rings is 1. The summed E-state index contributed by atoms with van der Waals surface area (Å²) in [7, 11) is 0. The molecule has 1 aromatic carbocycles. The number of amides is 3. The van der Waals surface area contributed by atoms with Gasteiger partial charge in [-0.05, 0) is 19.3 Å². The Labute approximate surface area is 158 Å². The molecule has 0 radical (unpaired) electrons. The van der Waals surface area contributed by atoms with Gasteiger partial charge >= 0.3 is 6.03 Å². The second kappa shape index (κ2) is 7.77. The van der Waals surface area contributed by atoms with Crippen LogP contribution in [0.4, 0.5) is 4.79 Å². The van der Waals surface area contributed by atoms with Gasteiger partial charge < -0.3 is 15.1 Å². The normalized spacial score (nSPS) is 18.4. The molecule has 0 spiro atoms. The van der Waals surface area contributed by atoms with Crippen LogP contribution in [0.15, 0.2) is 30.3 Å². The smallest absolute Gasteiger partial charge is 0.317 e. The Kier molecular flexibility index (Phi) is 5.04. The first-order valence-electron chi connectivity index (χ1n) is 9.49. The number of carbonyl (C=O) groups excluding carboxylic acids is 2. The van der Waals surface area contributed by atoms with Crippen LogP contribution in [0.2, 0.25) is 0 Å². The van der Waals surface area contributed by atoms with E-state index in [4.69, 9.17) is 0 Å². The van der Waals surface area contributed by atoms with Gasteiger partial charge in [0.05, 0.1) is 0 Å². The van der Waals surface area contributed by atoms with Gasteiger partial charge in [0.25, 0.3) is 0 Å². The number of rotatable bonds is 4. The lowest BCUT2D eigenvalue weighted by atomic mass is 9.96. The van der Waals surface area contributed by atoms with E-state index in [-0.39, 0.29) is 24.4 Å². The number of hydrogen-bond acceptors (Lipinski definition) is 4. The highest BCUT2D eigenvalue weighted by molar-refractivity contribution is 5.84. The number of likely N-dealkylation sites (tertiary alicyclic amines) is 1. The number of piperidine rings is 1. The monoisotopic (exact) mass is 368 g/mol. The van der Waals surface area contributed by atoms with Crippen LogP contribution in [-0.4, -0.2) is 69.6 Å². The van der Waals surface area contributed by atoms with E-state index in [0.717, 1.165) is 30.7 Å². The van der Waals surface area contributed by atoms with Crippen molar-refractivity contribution in [1.29, 1.82) is 0 Å². The minimum absolute atomic E-state index is 0.0213. The predicted octanol–water partition coefficient (Wildman–Crippen LogP) is 1.59. The van der Waals surface area contributed by atoms with Gasteiger partial charge in [-0.25, -0.2) is 9.78 Å². The summed E-state index contributed by atoms with van der Waals surface area (Å²) in [5.74, 6) is 1.89. The van der Waals surface area contributed by atoms with E-state index in [1.165, 1.54) is 0 Å². The Bertz CT molecular complexity index is 798. The number of carbonyl (C=O) groups is 2. The number of aromatic amines is 1. The third-order valence-corrected chi connectivity index (χ3v) is 5.26. The lowest BCUT2D eigenvalue weighted by Gasteiger charge is -2.34. The average molecular weight is 368 g/mol. The van der Waals surface area contributed by atoms with Crippen molar-refractivity contribution in [2.75, 3.05) is 32.7 Å². The Morgan fingerprint density at radius 1 is 1.15 bits per heavy atom. The number of nitrogens with one attached hydrogen (secondary N) is 2. The first-order valence-corrected chi connectivity index (χ1v) is 9.49. The van der Waals surface area contributed by atoms with E-state index in [1.54, 1.807) is 4.90 Å². The molecule has 2 aliphatic rings. The highest BCUT2D eigenvalue weighted by Crippen LogP contribution is 2.27. The van der Waals surface area contributed by atoms with Crippen LogP contribution in [0.3, 0.4) is 0 Å². The number of urea groups is 1. The Balaban J connectivity index is 1.32. The molecular formula is C19H24N6O2. The van der Waals surface area contributed by atoms with Crippen LogP contribution < -0.4 is 5.32 Å². The first-order chi connectivity index (χ1) is 13.2. The second-order valence-electron chi connectivity index (χ2n) is 7.07. The summed E-state index contributed by atoms with van der Waals surface area (Å²) in [4.78, 5) is 32.4. The Morgan fingerprint density at radius 2 is 1.93 bits per heavy atom. The molecule has 0 aliphatic carbocycles. The van der Waals surface area contributed by atoms with Crippen molar-refractivity contribution in [3.63, 3.8) is 0 Å². The molecule has 8 heteroatoms. The summed E-state index contributed by atoms with van der Waals surface area (Å²) >= 11 is 0. The summed E-state index contributed by atoms with van der Waals surface area (Å²) in [5, 5.41) is 10.2.